The lowest BCUT2D eigenvalue weighted by atomic mass is 9.93. The molecule has 3 unspecified atom stereocenters. The van der Waals surface area contributed by atoms with Crippen molar-refractivity contribution in [3.63, 3.8) is 0 Å². The summed E-state index contributed by atoms with van der Waals surface area (Å²) < 4.78 is 7.01. The number of aliphatic hydroxyl groups is 1. The van der Waals surface area contributed by atoms with E-state index in [2.05, 4.69) is 22.5 Å². The number of nitrogens with one attached hydrogen (secondary N) is 1. The summed E-state index contributed by atoms with van der Waals surface area (Å²) in [5, 5.41) is 20.3. The third-order valence-electron chi connectivity index (χ3n) is 8.03. The van der Waals surface area contributed by atoms with E-state index in [1.807, 2.05) is 30.0 Å². The molecule has 8 heteroatoms. The third-order valence-corrected chi connectivity index (χ3v) is 8.03. The van der Waals surface area contributed by atoms with E-state index < -0.39 is 6.10 Å². The number of aryl methyl sites for hydroxylation is 1. The fraction of sp³-hybridized carbons (Fsp3) is 0.464. The predicted octanol–water partition coefficient (Wildman–Crippen LogP) is 2.04. The minimum atomic E-state index is -0.761. The molecule has 2 aromatic carbocycles. The summed E-state index contributed by atoms with van der Waals surface area (Å²) in [4.78, 5) is 28.7. The molecule has 188 valence electrons. The number of hydrogen-bond donors (Lipinski definition) is 2. The van der Waals surface area contributed by atoms with Gasteiger partial charge in [0, 0.05) is 23.5 Å². The molecule has 0 aliphatic carbocycles. The van der Waals surface area contributed by atoms with Crippen LogP contribution in [0, 0.1) is 0 Å². The van der Waals surface area contributed by atoms with Gasteiger partial charge in [0.1, 0.15) is 0 Å². The van der Waals surface area contributed by atoms with E-state index in [4.69, 9.17) is 4.74 Å². The van der Waals surface area contributed by atoms with Gasteiger partial charge in [-0.3, -0.25) is 9.59 Å². The van der Waals surface area contributed by atoms with E-state index in [1.54, 1.807) is 12.1 Å². The fourth-order valence-corrected chi connectivity index (χ4v) is 6.04. The fourth-order valence-electron chi connectivity index (χ4n) is 6.04. The molecule has 0 radical (unpaired) electrons. The summed E-state index contributed by atoms with van der Waals surface area (Å²) in [5.41, 5.74) is 3.55. The van der Waals surface area contributed by atoms with Crippen LogP contribution >= 0.6 is 0 Å². The van der Waals surface area contributed by atoms with Gasteiger partial charge in [-0.15, -0.1) is 0 Å². The first-order chi connectivity index (χ1) is 17.5. The van der Waals surface area contributed by atoms with Crippen LogP contribution in [0.25, 0.3) is 10.8 Å². The highest BCUT2D eigenvalue weighted by Gasteiger charge is 2.40. The number of hydrogen-bond acceptors (Lipinski definition) is 6. The van der Waals surface area contributed by atoms with Gasteiger partial charge in [0.15, 0.2) is 0 Å². The van der Waals surface area contributed by atoms with Crippen molar-refractivity contribution >= 4 is 16.7 Å². The summed E-state index contributed by atoms with van der Waals surface area (Å²) in [6.45, 7) is 3.97. The molecule has 8 nitrogen and oxygen atoms in total. The highest BCUT2D eigenvalue weighted by Crippen LogP contribution is 2.31. The molecule has 0 spiro atoms. The van der Waals surface area contributed by atoms with Gasteiger partial charge in [-0.25, -0.2) is 4.68 Å². The number of aliphatic hydroxyl groups excluding tert-OH is 1. The molecule has 2 fully saturated rings. The van der Waals surface area contributed by atoms with Crippen molar-refractivity contribution in [2.45, 2.75) is 69.9 Å². The van der Waals surface area contributed by atoms with Crippen LogP contribution in [0.15, 0.2) is 47.3 Å². The Hall–Kier alpha value is -3.07. The maximum absolute atomic E-state index is 13.4. The SMILES string of the molecule is CCc1nn(CC(O)[C@@H]2Cc3ccccc3CN2)c(=O)c2ccc(C(=O)N3C4CCC3COC4)cc12. The Balaban J connectivity index is 1.27. The van der Waals surface area contributed by atoms with Gasteiger partial charge in [-0.1, -0.05) is 31.2 Å². The Bertz CT molecular complexity index is 1350. The van der Waals surface area contributed by atoms with Crippen molar-refractivity contribution in [2.75, 3.05) is 13.2 Å². The van der Waals surface area contributed by atoms with Crippen molar-refractivity contribution < 1.29 is 14.6 Å². The molecule has 0 saturated carbocycles. The van der Waals surface area contributed by atoms with Crippen molar-refractivity contribution in [1.29, 1.82) is 0 Å². The first-order valence-electron chi connectivity index (χ1n) is 13.0. The van der Waals surface area contributed by atoms with Gasteiger partial charge < -0.3 is 20.1 Å². The Labute approximate surface area is 209 Å². The number of rotatable bonds is 5. The molecular formula is C28H32N4O4. The Morgan fingerprint density at radius 1 is 1.14 bits per heavy atom. The smallest absolute Gasteiger partial charge is 0.274 e. The molecule has 6 rings (SSSR count). The van der Waals surface area contributed by atoms with Crippen LogP contribution in [0.3, 0.4) is 0 Å². The lowest BCUT2D eigenvalue weighted by molar-refractivity contribution is -0.00714. The quantitative estimate of drug-likeness (QED) is 0.571. The second-order valence-electron chi connectivity index (χ2n) is 10.2. The Morgan fingerprint density at radius 3 is 2.64 bits per heavy atom. The summed E-state index contributed by atoms with van der Waals surface area (Å²) in [5.74, 6) is -0.00184. The number of aromatic nitrogens is 2. The van der Waals surface area contributed by atoms with Crippen molar-refractivity contribution in [3.05, 3.63) is 75.2 Å². The van der Waals surface area contributed by atoms with E-state index >= 15 is 0 Å². The molecule has 4 atom stereocenters. The van der Waals surface area contributed by atoms with Gasteiger partial charge >= 0.3 is 0 Å². The molecule has 3 aliphatic heterocycles. The largest absolute Gasteiger partial charge is 0.390 e. The highest BCUT2D eigenvalue weighted by molar-refractivity contribution is 5.99. The molecule has 1 aromatic heterocycles. The van der Waals surface area contributed by atoms with Crippen LogP contribution in [0.1, 0.15) is 46.9 Å². The summed E-state index contributed by atoms with van der Waals surface area (Å²) in [7, 11) is 0. The average Bonchev–Trinajstić information content (AvgIpc) is 3.16. The molecular weight excluding hydrogens is 456 g/mol. The predicted molar refractivity (Wildman–Crippen MR) is 136 cm³/mol. The van der Waals surface area contributed by atoms with Crippen LogP contribution in [0.5, 0.6) is 0 Å². The molecule has 1 amide bonds. The maximum atomic E-state index is 13.4. The molecule has 36 heavy (non-hydrogen) atoms. The van der Waals surface area contributed by atoms with Crippen LogP contribution in [-0.4, -0.2) is 63.1 Å². The highest BCUT2D eigenvalue weighted by atomic mass is 16.5. The molecule has 2 saturated heterocycles. The number of ether oxygens (including phenoxy) is 1. The van der Waals surface area contributed by atoms with Gasteiger partial charge in [0.2, 0.25) is 0 Å². The minimum absolute atomic E-state index is 0.00184. The molecule has 2 bridgehead atoms. The molecule has 2 N–H and O–H groups in total. The van der Waals surface area contributed by atoms with Crippen LogP contribution in [0.2, 0.25) is 0 Å². The number of benzene rings is 2. The van der Waals surface area contributed by atoms with Crippen molar-refractivity contribution in [2.24, 2.45) is 0 Å². The van der Waals surface area contributed by atoms with Gasteiger partial charge in [-0.05, 0) is 55.0 Å². The zero-order valence-corrected chi connectivity index (χ0v) is 20.5. The van der Waals surface area contributed by atoms with Gasteiger partial charge in [-0.2, -0.15) is 5.10 Å². The number of fused-ring (bicyclic) bond motifs is 4. The second-order valence-corrected chi connectivity index (χ2v) is 10.2. The van der Waals surface area contributed by atoms with Crippen LogP contribution < -0.4 is 10.9 Å². The minimum Gasteiger partial charge on any atom is -0.390 e. The number of nitrogens with zero attached hydrogens (tertiary/aromatic N) is 3. The lowest BCUT2D eigenvalue weighted by Gasteiger charge is -2.34. The molecule has 3 aliphatic rings. The summed E-state index contributed by atoms with van der Waals surface area (Å²) in [6.07, 6.45) is 2.50. The second kappa shape index (κ2) is 9.42. The standard InChI is InChI=1S/C28H32N4O4/c1-2-24-23-11-18(27(34)32-20-8-9-21(32)16-36-15-20)7-10-22(23)28(35)31(30-24)14-26(33)25-12-17-5-3-4-6-19(17)13-29-25/h3-7,10-11,20-21,25-26,29,33H,2,8-9,12-16H2,1H3/t20?,21?,25-,26?/m0/s1. The average molecular weight is 489 g/mol. The van der Waals surface area contributed by atoms with Gasteiger partial charge in [0.25, 0.3) is 11.5 Å². The van der Waals surface area contributed by atoms with Crippen LogP contribution in [0.4, 0.5) is 0 Å². The summed E-state index contributed by atoms with van der Waals surface area (Å²) >= 11 is 0. The molecule has 4 heterocycles. The van der Waals surface area contributed by atoms with Crippen LogP contribution in [-0.2, 0) is 30.7 Å². The topological polar surface area (TPSA) is 96.7 Å². The van der Waals surface area contributed by atoms with E-state index in [0.29, 0.717) is 48.9 Å². The van der Waals surface area contributed by atoms with Gasteiger partial charge in [0.05, 0.1) is 49.0 Å². The maximum Gasteiger partial charge on any atom is 0.274 e. The van der Waals surface area contributed by atoms with E-state index in [-0.39, 0.29) is 36.1 Å². The number of carbonyl (C=O) groups is 1. The Kier molecular flexibility index (Phi) is 6.11. The van der Waals surface area contributed by atoms with Crippen molar-refractivity contribution in [3.8, 4) is 0 Å². The number of amides is 1. The van der Waals surface area contributed by atoms with E-state index in [9.17, 15) is 14.7 Å². The Morgan fingerprint density at radius 2 is 1.89 bits per heavy atom. The third kappa shape index (κ3) is 4.03. The normalized spacial score (nSPS) is 24.1. The zero-order valence-electron chi connectivity index (χ0n) is 20.5. The van der Waals surface area contributed by atoms with E-state index in [0.717, 1.165) is 18.5 Å². The first-order valence-corrected chi connectivity index (χ1v) is 13.0. The lowest BCUT2D eigenvalue weighted by Crippen LogP contribution is -2.49. The number of carbonyl (C=O) groups excluding carboxylic acids is 1. The zero-order chi connectivity index (χ0) is 24.8. The summed E-state index contributed by atoms with van der Waals surface area (Å²) in [6, 6.07) is 13.6. The monoisotopic (exact) mass is 488 g/mol. The number of morpholine rings is 1. The molecule has 3 aromatic rings. The first kappa shape index (κ1) is 23.3. The van der Waals surface area contributed by atoms with Crippen molar-refractivity contribution in [1.82, 2.24) is 20.0 Å². The van der Waals surface area contributed by atoms with E-state index in [1.165, 1.54) is 15.8 Å².